The lowest BCUT2D eigenvalue weighted by Crippen LogP contribution is -2.29. The van der Waals surface area contributed by atoms with Crippen LogP contribution in [0.3, 0.4) is 0 Å². The van der Waals surface area contributed by atoms with Crippen LogP contribution in [0.25, 0.3) is 0 Å². The zero-order valence-corrected chi connectivity index (χ0v) is 16.0. The number of hydrogen-bond acceptors (Lipinski definition) is 1. The molecule has 0 heterocycles. The van der Waals surface area contributed by atoms with Crippen molar-refractivity contribution in [3.8, 4) is 0 Å². The van der Waals surface area contributed by atoms with Crippen LogP contribution in [-0.2, 0) is 0 Å². The van der Waals surface area contributed by atoms with Gasteiger partial charge in [0.15, 0.2) is 0 Å². The molecule has 0 aromatic heterocycles. The highest BCUT2D eigenvalue weighted by molar-refractivity contribution is 7.80. The zero-order chi connectivity index (χ0) is 16.1. The SMILES string of the molecule is C=CCCC1CCC(C2CCC(C3CCC(S)CC3)CC2)CC1. The van der Waals surface area contributed by atoms with Crippen LogP contribution in [0.5, 0.6) is 0 Å². The fraction of sp³-hybridized carbons (Fsp3) is 0.909. The third kappa shape index (κ3) is 5.03. The number of rotatable bonds is 5. The summed E-state index contributed by atoms with van der Waals surface area (Å²) < 4.78 is 0. The first-order valence-electron chi connectivity index (χ1n) is 10.5. The molecular formula is C22H38S. The van der Waals surface area contributed by atoms with E-state index in [0.29, 0.717) is 5.25 Å². The van der Waals surface area contributed by atoms with E-state index in [4.69, 9.17) is 0 Å². The smallest absolute Gasteiger partial charge is 0.00170 e. The summed E-state index contributed by atoms with van der Waals surface area (Å²) in [5.74, 6) is 5.28. The summed E-state index contributed by atoms with van der Waals surface area (Å²) >= 11 is 4.67. The van der Waals surface area contributed by atoms with Crippen LogP contribution in [-0.4, -0.2) is 5.25 Å². The van der Waals surface area contributed by atoms with Gasteiger partial charge in [0.25, 0.3) is 0 Å². The largest absolute Gasteiger partial charge is 0.176 e. The molecule has 3 saturated carbocycles. The predicted octanol–water partition coefficient (Wildman–Crippen LogP) is 7.05. The van der Waals surface area contributed by atoms with Crippen LogP contribution in [0.4, 0.5) is 0 Å². The molecule has 0 aromatic carbocycles. The third-order valence-electron chi connectivity index (χ3n) is 7.56. The van der Waals surface area contributed by atoms with Crippen LogP contribution >= 0.6 is 12.6 Å². The molecule has 132 valence electrons. The van der Waals surface area contributed by atoms with E-state index in [1.807, 2.05) is 0 Å². The van der Waals surface area contributed by atoms with Crippen molar-refractivity contribution in [2.75, 3.05) is 0 Å². The Bertz CT molecular complexity index is 339. The Hall–Kier alpha value is 0.0900. The predicted molar refractivity (Wildman–Crippen MR) is 105 cm³/mol. The highest BCUT2D eigenvalue weighted by Crippen LogP contribution is 2.46. The molecule has 0 bridgehead atoms. The summed E-state index contributed by atoms with van der Waals surface area (Å²) in [7, 11) is 0. The van der Waals surface area contributed by atoms with Crippen molar-refractivity contribution >= 4 is 12.6 Å². The maximum Gasteiger partial charge on any atom is 0.00170 e. The van der Waals surface area contributed by atoms with Crippen molar-refractivity contribution in [3.05, 3.63) is 12.7 Å². The molecule has 0 spiro atoms. The van der Waals surface area contributed by atoms with Crippen LogP contribution in [0.2, 0.25) is 0 Å². The van der Waals surface area contributed by atoms with Gasteiger partial charge in [0.05, 0.1) is 0 Å². The highest BCUT2D eigenvalue weighted by Gasteiger charge is 2.34. The van der Waals surface area contributed by atoms with Crippen LogP contribution in [0.15, 0.2) is 12.7 Å². The Morgan fingerprint density at radius 2 is 1.04 bits per heavy atom. The minimum atomic E-state index is 0.707. The number of hydrogen-bond donors (Lipinski definition) is 1. The molecule has 3 rings (SSSR count). The summed E-state index contributed by atoms with van der Waals surface area (Å²) in [6.45, 7) is 3.88. The van der Waals surface area contributed by atoms with Gasteiger partial charge in [-0.15, -0.1) is 6.58 Å². The van der Waals surface area contributed by atoms with Gasteiger partial charge in [0.2, 0.25) is 0 Å². The van der Waals surface area contributed by atoms with Gasteiger partial charge in [-0.2, -0.15) is 12.6 Å². The Kier molecular flexibility index (Phi) is 6.98. The van der Waals surface area contributed by atoms with E-state index in [-0.39, 0.29) is 0 Å². The summed E-state index contributed by atoms with van der Waals surface area (Å²) in [5, 5.41) is 0.707. The molecule has 3 aliphatic carbocycles. The summed E-state index contributed by atoms with van der Waals surface area (Å²) in [4.78, 5) is 0. The van der Waals surface area contributed by atoms with Crippen molar-refractivity contribution < 1.29 is 0 Å². The van der Waals surface area contributed by atoms with Crippen molar-refractivity contribution in [2.45, 2.75) is 95.1 Å². The second-order valence-electron chi connectivity index (χ2n) is 8.89. The van der Waals surface area contributed by atoms with Gasteiger partial charge >= 0.3 is 0 Å². The summed E-state index contributed by atoms with van der Waals surface area (Å²) in [6, 6.07) is 0. The molecule has 0 aromatic rings. The third-order valence-corrected chi connectivity index (χ3v) is 8.08. The molecule has 0 amide bonds. The minimum Gasteiger partial charge on any atom is -0.176 e. The standard InChI is InChI=1S/C22H38S/c1-2-3-4-17-5-7-18(8-6-17)19-9-11-20(12-10-19)21-13-15-22(23)16-14-21/h2,17-23H,1,3-16H2. The molecule has 3 fully saturated rings. The van der Waals surface area contributed by atoms with Gasteiger partial charge in [-0.05, 0) is 107 Å². The van der Waals surface area contributed by atoms with Crippen molar-refractivity contribution in [1.29, 1.82) is 0 Å². The first-order valence-corrected chi connectivity index (χ1v) is 11.1. The van der Waals surface area contributed by atoms with Crippen LogP contribution in [0.1, 0.15) is 89.9 Å². The van der Waals surface area contributed by atoms with Gasteiger partial charge in [0.1, 0.15) is 0 Å². The monoisotopic (exact) mass is 334 g/mol. The molecule has 0 aliphatic heterocycles. The van der Waals surface area contributed by atoms with Crippen LogP contribution in [0, 0.1) is 29.6 Å². The Morgan fingerprint density at radius 3 is 1.48 bits per heavy atom. The zero-order valence-electron chi connectivity index (χ0n) is 15.1. The Balaban J connectivity index is 1.37. The number of allylic oxidation sites excluding steroid dienone is 1. The quantitative estimate of drug-likeness (QED) is 0.404. The molecule has 23 heavy (non-hydrogen) atoms. The van der Waals surface area contributed by atoms with Gasteiger partial charge in [-0.3, -0.25) is 0 Å². The molecule has 0 unspecified atom stereocenters. The fourth-order valence-corrected chi connectivity index (χ4v) is 6.26. The molecule has 0 atom stereocenters. The van der Waals surface area contributed by atoms with Gasteiger partial charge in [-0.25, -0.2) is 0 Å². The topological polar surface area (TPSA) is 0 Å². The number of thiol groups is 1. The first kappa shape index (κ1) is 17.9. The first-order chi connectivity index (χ1) is 11.3. The van der Waals surface area contributed by atoms with Crippen molar-refractivity contribution in [2.24, 2.45) is 29.6 Å². The van der Waals surface area contributed by atoms with E-state index in [9.17, 15) is 0 Å². The van der Waals surface area contributed by atoms with Crippen molar-refractivity contribution in [1.82, 2.24) is 0 Å². The summed E-state index contributed by atoms with van der Waals surface area (Å²) in [5.41, 5.74) is 0. The van der Waals surface area contributed by atoms with Gasteiger partial charge < -0.3 is 0 Å². The molecule has 0 nitrogen and oxygen atoms in total. The average molecular weight is 335 g/mol. The molecule has 0 saturated heterocycles. The average Bonchev–Trinajstić information content (AvgIpc) is 2.61. The second-order valence-corrected chi connectivity index (χ2v) is 9.62. The lowest BCUT2D eigenvalue weighted by molar-refractivity contribution is 0.112. The normalized spacial score (nSPS) is 42.3. The maximum absolute atomic E-state index is 4.67. The fourth-order valence-electron chi connectivity index (χ4n) is 5.96. The second kappa shape index (κ2) is 8.97. The lowest BCUT2D eigenvalue weighted by Gasteiger charge is -2.41. The van der Waals surface area contributed by atoms with E-state index in [1.54, 1.807) is 25.7 Å². The van der Waals surface area contributed by atoms with Gasteiger partial charge in [0, 0.05) is 5.25 Å². The maximum atomic E-state index is 4.67. The molecule has 1 heteroatoms. The van der Waals surface area contributed by atoms with Crippen LogP contribution < -0.4 is 0 Å². The van der Waals surface area contributed by atoms with E-state index < -0.39 is 0 Å². The van der Waals surface area contributed by atoms with E-state index >= 15 is 0 Å². The Labute approximate surface area is 150 Å². The highest BCUT2D eigenvalue weighted by atomic mass is 32.1. The van der Waals surface area contributed by atoms with Crippen molar-refractivity contribution in [3.63, 3.8) is 0 Å². The van der Waals surface area contributed by atoms with E-state index in [2.05, 4.69) is 25.3 Å². The van der Waals surface area contributed by atoms with Gasteiger partial charge in [-0.1, -0.05) is 18.9 Å². The minimum absolute atomic E-state index is 0.707. The Morgan fingerprint density at radius 1 is 0.652 bits per heavy atom. The molecule has 0 N–H and O–H groups in total. The molecular weight excluding hydrogens is 296 g/mol. The lowest BCUT2D eigenvalue weighted by atomic mass is 9.65. The molecule has 0 radical (unpaired) electrons. The molecule has 3 aliphatic rings. The van der Waals surface area contributed by atoms with E-state index in [1.165, 1.54) is 64.2 Å². The summed E-state index contributed by atoms with van der Waals surface area (Å²) in [6.07, 6.45) is 22.7. The van der Waals surface area contributed by atoms with E-state index in [0.717, 1.165) is 29.6 Å².